The molecule has 0 aliphatic rings. The Bertz CT molecular complexity index is 59.9. The van der Waals surface area contributed by atoms with Crippen LogP contribution in [0, 0.1) is 0 Å². The summed E-state index contributed by atoms with van der Waals surface area (Å²) in [6.07, 6.45) is 3.91. The van der Waals surface area contributed by atoms with Crippen LogP contribution in [-0.2, 0) is 0 Å². The van der Waals surface area contributed by atoms with Crippen LogP contribution in [0.3, 0.4) is 0 Å². The second-order valence-electron chi connectivity index (χ2n) is 1.32. The molecule has 2 nitrogen and oxygen atoms in total. The molecule has 0 rings (SSSR count). The number of nitrogens with zero attached hydrogens (tertiary/aromatic N) is 1. The summed E-state index contributed by atoms with van der Waals surface area (Å²) in [5, 5.41) is 1.88. The van der Waals surface area contributed by atoms with Crippen molar-refractivity contribution >= 4 is 0 Å². The zero-order valence-corrected chi connectivity index (χ0v) is 7.10. The highest BCUT2D eigenvalue weighted by molar-refractivity contribution is 4.72. The van der Waals surface area contributed by atoms with Gasteiger partial charge in [0.1, 0.15) is 0 Å². The SMILES string of the molecule is C/C=C\N(C)NC.CC. The van der Waals surface area contributed by atoms with E-state index < -0.39 is 0 Å². The van der Waals surface area contributed by atoms with E-state index in [0.717, 1.165) is 0 Å². The van der Waals surface area contributed by atoms with Gasteiger partial charge in [-0.3, -0.25) is 0 Å². The number of hydrazine groups is 1. The molecule has 0 heterocycles. The molecule has 0 aromatic rings. The molecule has 0 aromatic heterocycles. The average molecular weight is 130 g/mol. The van der Waals surface area contributed by atoms with Crippen molar-refractivity contribution in [1.29, 1.82) is 0 Å². The molecule has 0 spiro atoms. The molecule has 0 aromatic carbocycles. The highest BCUT2D eigenvalue weighted by Crippen LogP contribution is 1.72. The highest BCUT2D eigenvalue weighted by Gasteiger charge is 1.74. The lowest BCUT2D eigenvalue weighted by atomic mass is 10.7. The predicted molar refractivity (Wildman–Crippen MR) is 43.0 cm³/mol. The standard InChI is InChI=1S/C5H12N2.C2H6/c1-4-5-7(3)6-2;1-2/h4-6H,1-3H3;1-2H3/b5-4-;. The number of nitrogens with one attached hydrogen (secondary N) is 1. The minimum atomic E-state index is 1.88. The van der Waals surface area contributed by atoms with Gasteiger partial charge in [0.05, 0.1) is 0 Å². The first-order valence-corrected chi connectivity index (χ1v) is 3.34. The van der Waals surface area contributed by atoms with E-state index in [2.05, 4.69) is 5.43 Å². The summed E-state index contributed by atoms with van der Waals surface area (Å²) in [6, 6.07) is 0. The molecule has 0 atom stereocenters. The third-order valence-corrected chi connectivity index (χ3v) is 0.725. The zero-order valence-electron chi connectivity index (χ0n) is 7.10. The van der Waals surface area contributed by atoms with E-state index in [0.29, 0.717) is 0 Å². The molecule has 2 heteroatoms. The summed E-state index contributed by atoms with van der Waals surface area (Å²) in [5.74, 6) is 0. The van der Waals surface area contributed by atoms with E-state index in [-0.39, 0.29) is 0 Å². The van der Waals surface area contributed by atoms with Crippen LogP contribution in [0.15, 0.2) is 12.3 Å². The van der Waals surface area contributed by atoms with E-state index >= 15 is 0 Å². The van der Waals surface area contributed by atoms with Gasteiger partial charge in [0, 0.05) is 20.3 Å². The predicted octanol–water partition coefficient (Wildman–Crippen LogP) is 1.61. The minimum absolute atomic E-state index is 1.88. The molecule has 9 heavy (non-hydrogen) atoms. The molecular formula is C7H18N2. The van der Waals surface area contributed by atoms with Crippen LogP contribution >= 0.6 is 0 Å². The molecule has 0 amide bonds. The number of allylic oxidation sites excluding steroid dienone is 1. The summed E-state index contributed by atoms with van der Waals surface area (Å²) >= 11 is 0. The van der Waals surface area contributed by atoms with Gasteiger partial charge in [-0.2, -0.15) is 0 Å². The average Bonchev–Trinajstić information content (AvgIpc) is 1.93. The third-order valence-electron chi connectivity index (χ3n) is 0.725. The van der Waals surface area contributed by atoms with E-state index in [1.165, 1.54) is 0 Å². The maximum Gasteiger partial charge on any atom is 0.0225 e. The quantitative estimate of drug-likeness (QED) is 0.571. The fourth-order valence-electron chi connectivity index (χ4n) is 0.298. The van der Waals surface area contributed by atoms with Crippen molar-refractivity contribution in [2.24, 2.45) is 0 Å². The third kappa shape index (κ3) is 11.2. The smallest absolute Gasteiger partial charge is 0.0225 e. The van der Waals surface area contributed by atoms with Crippen molar-refractivity contribution in [2.75, 3.05) is 14.1 Å². The fourth-order valence-corrected chi connectivity index (χ4v) is 0.298. The molecule has 0 aliphatic carbocycles. The zero-order chi connectivity index (χ0) is 7.70. The Hall–Kier alpha value is -0.500. The number of hydrogen-bond donors (Lipinski definition) is 1. The van der Waals surface area contributed by atoms with Crippen LogP contribution in [0.5, 0.6) is 0 Å². The summed E-state index contributed by atoms with van der Waals surface area (Å²) in [4.78, 5) is 0. The van der Waals surface area contributed by atoms with Gasteiger partial charge in [-0.05, 0) is 6.92 Å². The molecule has 1 N–H and O–H groups in total. The summed E-state index contributed by atoms with van der Waals surface area (Å²) in [5.41, 5.74) is 2.91. The van der Waals surface area contributed by atoms with Gasteiger partial charge in [-0.1, -0.05) is 19.9 Å². The molecular weight excluding hydrogens is 112 g/mol. The van der Waals surface area contributed by atoms with Crippen LogP contribution in [-0.4, -0.2) is 19.1 Å². The van der Waals surface area contributed by atoms with Gasteiger partial charge < -0.3 is 5.01 Å². The van der Waals surface area contributed by atoms with Crippen molar-refractivity contribution in [2.45, 2.75) is 20.8 Å². The number of hydrogen-bond acceptors (Lipinski definition) is 2. The van der Waals surface area contributed by atoms with Crippen molar-refractivity contribution in [3.63, 3.8) is 0 Å². The maximum absolute atomic E-state index is 2.91. The van der Waals surface area contributed by atoms with E-state index in [1.807, 2.05) is 52.2 Å². The van der Waals surface area contributed by atoms with Crippen LogP contribution in [0.4, 0.5) is 0 Å². The summed E-state index contributed by atoms with van der Waals surface area (Å²) < 4.78 is 0. The van der Waals surface area contributed by atoms with Crippen molar-refractivity contribution in [3.8, 4) is 0 Å². The van der Waals surface area contributed by atoms with Gasteiger partial charge in [-0.15, -0.1) is 0 Å². The molecule has 0 bridgehead atoms. The fraction of sp³-hybridized carbons (Fsp3) is 0.714. The molecule has 0 saturated heterocycles. The summed E-state index contributed by atoms with van der Waals surface area (Å²) in [7, 11) is 3.82. The Morgan fingerprint density at radius 2 is 1.78 bits per heavy atom. The van der Waals surface area contributed by atoms with E-state index in [9.17, 15) is 0 Å². The van der Waals surface area contributed by atoms with Crippen LogP contribution in [0.1, 0.15) is 20.8 Å². The Balaban J connectivity index is 0. The number of rotatable bonds is 2. The molecule has 0 radical (unpaired) electrons. The Labute approximate surface area is 58.5 Å². The monoisotopic (exact) mass is 130 g/mol. The first kappa shape index (κ1) is 11.3. The molecule has 0 aliphatic heterocycles. The maximum atomic E-state index is 2.91. The molecule has 56 valence electrons. The van der Waals surface area contributed by atoms with Crippen molar-refractivity contribution in [1.82, 2.24) is 10.4 Å². The van der Waals surface area contributed by atoms with Crippen LogP contribution in [0.25, 0.3) is 0 Å². The summed E-state index contributed by atoms with van der Waals surface area (Å²) in [6.45, 7) is 5.98. The second-order valence-corrected chi connectivity index (χ2v) is 1.32. The molecule has 0 unspecified atom stereocenters. The second kappa shape index (κ2) is 10.5. The Morgan fingerprint density at radius 3 is 1.89 bits per heavy atom. The van der Waals surface area contributed by atoms with Crippen molar-refractivity contribution in [3.05, 3.63) is 12.3 Å². The van der Waals surface area contributed by atoms with E-state index in [4.69, 9.17) is 0 Å². The van der Waals surface area contributed by atoms with E-state index in [1.54, 1.807) is 0 Å². The lowest BCUT2D eigenvalue weighted by Crippen LogP contribution is -2.24. The van der Waals surface area contributed by atoms with Gasteiger partial charge in [0.15, 0.2) is 0 Å². The largest absolute Gasteiger partial charge is 0.319 e. The highest BCUT2D eigenvalue weighted by atomic mass is 15.5. The Kier molecular flexibility index (Phi) is 13.2. The first-order chi connectivity index (χ1) is 4.31. The van der Waals surface area contributed by atoms with Crippen LogP contribution < -0.4 is 5.43 Å². The van der Waals surface area contributed by atoms with Crippen molar-refractivity contribution < 1.29 is 0 Å². The van der Waals surface area contributed by atoms with Crippen LogP contribution in [0.2, 0.25) is 0 Å². The van der Waals surface area contributed by atoms with Gasteiger partial charge in [0.25, 0.3) is 0 Å². The minimum Gasteiger partial charge on any atom is -0.319 e. The van der Waals surface area contributed by atoms with Gasteiger partial charge >= 0.3 is 0 Å². The van der Waals surface area contributed by atoms with Gasteiger partial charge in [-0.25, -0.2) is 5.43 Å². The lowest BCUT2D eigenvalue weighted by Gasteiger charge is -2.09. The topological polar surface area (TPSA) is 15.3 Å². The lowest BCUT2D eigenvalue weighted by molar-refractivity contribution is 0.365. The van der Waals surface area contributed by atoms with Gasteiger partial charge in [0.2, 0.25) is 0 Å². The normalized spacial score (nSPS) is 8.56. The molecule has 0 saturated carbocycles. The first-order valence-electron chi connectivity index (χ1n) is 3.34. The Morgan fingerprint density at radius 1 is 1.33 bits per heavy atom. The molecule has 0 fully saturated rings.